The van der Waals surface area contributed by atoms with Crippen LogP contribution in [0.15, 0.2) is 72.8 Å². The molecule has 0 radical (unpaired) electrons. The molecule has 8 heteroatoms. The number of alkyl halides is 3. The summed E-state index contributed by atoms with van der Waals surface area (Å²) < 4.78 is 67.9. The molecular formula is C25H21F5N2O. The first-order chi connectivity index (χ1) is 15.8. The molecule has 1 aliphatic heterocycles. The van der Waals surface area contributed by atoms with Crippen LogP contribution in [-0.4, -0.2) is 17.4 Å². The summed E-state index contributed by atoms with van der Waals surface area (Å²) in [5, 5.41) is 2.84. The maximum Gasteiger partial charge on any atom is 0.416 e. The van der Waals surface area contributed by atoms with Gasteiger partial charge in [0.15, 0.2) is 0 Å². The van der Waals surface area contributed by atoms with Gasteiger partial charge in [0.05, 0.1) is 17.3 Å². The van der Waals surface area contributed by atoms with Crippen molar-refractivity contribution in [3.05, 3.63) is 101 Å². The smallest absolute Gasteiger partial charge is 0.368 e. The van der Waals surface area contributed by atoms with Gasteiger partial charge in [-0.25, -0.2) is 8.78 Å². The van der Waals surface area contributed by atoms with E-state index in [9.17, 15) is 26.7 Å². The molecule has 33 heavy (non-hydrogen) atoms. The van der Waals surface area contributed by atoms with E-state index in [2.05, 4.69) is 5.32 Å². The van der Waals surface area contributed by atoms with E-state index in [4.69, 9.17) is 0 Å². The quantitative estimate of drug-likeness (QED) is 0.441. The van der Waals surface area contributed by atoms with E-state index >= 15 is 0 Å². The van der Waals surface area contributed by atoms with Crippen LogP contribution in [0.1, 0.15) is 41.6 Å². The van der Waals surface area contributed by atoms with Crippen LogP contribution in [0.4, 0.5) is 27.6 Å². The summed E-state index contributed by atoms with van der Waals surface area (Å²) in [6.07, 6.45) is -3.34. The number of benzene rings is 3. The number of para-hydroxylation sites is 1. The van der Waals surface area contributed by atoms with Crippen LogP contribution in [0.5, 0.6) is 0 Å². The lowest BCUT2D eigenvalue weighted by Gasteiger charge is -2.30. The van der Waals surface area contributed by atoms with Crippen LogP contribution >= 0.6 is 0 Å². The average molecular weight is 460 g/mol. The largest absolute Gasteiger partial charge is 0.416 e. The van der Waals surface area contributed by atoms with Crippen molar-refractivity contribution < 1.29 is 26.7 Å². The van der Waals surface area contributed by atoms with Crippen LogP contribution in [0.25, 0.3) is 0 Å². The molecule has 0 bridgehead atoms. The van der Waals surface area contributed by atoms with Crippen molar-refractivity contribution in [1.29, 1.82) is 0 Å². The number of amides is 1. The van der Waals surface area contributed by atoms with Gasteiger partial charge in [-0.05, 0) is 48.7 Å². The summed E-state index contributed by atoms with van der Waals surface area (Å²) in [6.45, 7) is 0.355. The number of hydrogen-bond donors (Lipinski definition) is 1. The van der Waals surface area contributed by atoms with Gasteiger partial charge in [0.25, 0.3) is 0 Å². The number of carbonyl (C=O) groups excluding carboxylic acids is 1. The van der Waals surface area contributed by atoms with E-state index in [1.807, 2.05) is 0 Å². The molecule has 1 unspecified atom stereocenters. The number of carbonyl (C=O) groups is 1. The van der Waals surface area contributed by atoms with E-state index in [1.165, 1.54) is 41.3 Å². The monoisotopic (exact) mass is 460 g/mol. The molecule has 3 nitrogen and oxygen atoms in total. The molecule has 1 aliphatic rings. The normalized spacial score (nSPS) is 17.1. The second-order valence-corrected chi connectivity index (χ2v) is 7.89. The van der Waals surface area contributed by atoms with Crippen molar-refractivity contribution >= 4 is 11.6 Å². The van der Waals surface area contributed by atoms with Crippen molar-refractivity contribution in [2.24, 2.45) is 0 Å². The fourth-order valence-electron chi connectivity index (χ4n) is 4.15. The predicted octanol–water partition coefficient (Wildman–Crippen LogP) is 6.50. The molecule has 3 aromatic rings. The lowest BCUT2D eigenvalue weighted by atomic mass is 10.00. The predicted molar refractivity (Wildman–Crippen MR) is 114 cm³/mol. The van der Waals surface area contributed by atoms with Crippen molar-refractivity contribution in [2.75, 3.05) is 11.9 Å². The van der Waals surface area contributed by atoms with E-state index in [0.29, 0.717) is 24.9 Å². The highest BCUT2D eigenvalue weighted by atomic mass is 19.4. The summed E-state index contributed by atoms with van der Waals surface area (Å²) in [4.78, 5) is 15.1. The average Bonchev–Trinajstić information content (AvgIpc) is 3.28. The van der Waals surface area contributed by atoms with Crippen LogP contribution in [0.2, 0.25) is 0 Å². The highest BCUT2D eigenvalue weighted by molar-refractivity contribution is 5.87. The number of anilines is 1. The van der Waals surface area contributed by atoms with E-state index in [-0.39, 0.29) is 11.3 Å². The van der Waals surface area contributed by atoms with Gasteiger partial charge in [-0.15, -0.1) is 0 Å². The Hall–Kier alpha value is -3.42. The van der Waals surface area contributed by atoms with Crippen molar-refractivity contribution in [1.82, 2.24) is 4.90 Å². The molecule has 2 atom stereocenters. The Bertz CT molecular complexity index is 1130. The zero-order chi connectivity index (χ0) is 23.6. The lowest BCUT2D eigenvalue weighted by molar-refractivity contribution is -0.137. The van der Waals surface area contributed by atoms with Gasteiger partial charge in [-0.3, -0.25) is 4.79 Å². The molecule has 1 heterocycles. The molecule has 0 spiro atoms. The summed E-state index contributed by atoms with van der Waals surface area (Å²) in [6, 6.07) is 14.4. The van der Waals surface area contributed by atoms with Crippen molar-refractivity contribution in [2.45, 2.75) is 31.1 Å². The van der Waals surface area contributed by atoms with Crippen molar-refractivity contribution in [3.63, 3.8) is 0 Å². The van der Waals surface area contributed by atoms with Crippen molar-refractivity contribution in [3.8, 4) is 0 Å². The molecule has 3 aromatic carbocycles. The van der Waals surface area contributed by atoms with Gasteiger partial charge < -0.3 is 10.2 Å². The highest BCUT2D eigenvalue weighted by Gasteiger charge is 2.37. The Morgan fingerprint density at radius 1 is 0.909 bits per heavy atom. The summed E-state index contributed by atoms with van der Waals surface area (Å²) in [5.41, 5.74) is -0.193. The molecule has 1 amide bonds. The molecular weight excluding hydrogens is 439 g/mol. The van der Waals surface area contributed by atoms with Crippen LogP contribution < -0.4 is 5.32 Å². The molecule has 1 saturated heterocycles. The Balaban J connectivity index is 1.70. The Labute approximate surface area is 187 Å². The first-order valence-electron chi connectivity index (χ1n) is 10.5. The first kappa shape index (κ1) is 22.8. The van der Waals surface area contributed by atoms with Gasteiger partial charge in [0.2, 0.25) is 5.91 Å². The minimum atomic E-state index is -4.53. The SMILES string of the molecule is O=C(C(Nc1ccccc1F)c1ccc(C(F)(F)F)cc1)N1CCC[C@@H]1c1ccccc1F. The maximum atomic E-state index is 14.4. The molecule has 0 aliphatic carbocycles. The van der Waals surface area contributed by atoms with Crippen LogP contribution in [0.3, 0.4) is 0 Å². The third-order valence-electron chi connectivity index (χ3n) is 5.79. The van der Waals surface area contributed by atoms with Gasteiger partial charge in [-0.1, -0.05) is 42.5 Å². The Morgan fingerprint density at radius 3 is 2.18 bits per heavy atom. The van der Waals surface area contributed by atoms with E-state index < -0.39 is 41.4 Å². The summed E-state index contributed by atoms with van der Waals surface area (Å²) >= 11 is 0. The van der Waals surface area contributed by atoms with Gasteiger partial charge in [0.1, 0.15) is 17.7 Å². The number of nitrogens with zero attached hydrogens (tertiary/aromatic N) is 1. The third-order valence-corrected chi connectivity index (χ3v) is 5.79. The highest BCUT2D eigenvalue weighted by Crippen LogP contribution is 2.37. The number of nitrogens with one attached hydrogen (secondary N) is 1. The Kier molecular flexibility index (Phi) is 6.35. The maximum absolute atomic E-state index is 14.4. The molecule has 1 fully saturated rings. The minimum absolute atomic E-state index is 0.0392. The first-order valence-corrected chi connectivity index (χ1v) is 10.5. The second kappa shape index (κ2) is 9.21. The number of likely N-dealkylation sites (tertiary alicyclic amines) is 1. The summed E-state index contributed by atoms with van der Waals surface area (Å²) in [5.74, 6) is -1.51. The van der Waals surface area contributed by atoms with Gasteiger partial charge in [-0.2, -0.15) is 13.2 Å². The van der Waals surface area contributed by atoms with Crippen LogP contribution in [0, 0.1) is 11.6 Å². The van der Waals surface area contributed by atoms with E-state index in [1.54, 1.807) is 24.3 Å². The van der Waals surface area contributed by atoms with Crippen LogP contribution in [-0.2, 0) is 11.0 Å². The molecule has 0 saturated carbocycles. The number of rotatable bonds is 5. The zero-order valence-corrected chi connectivity index (χ0v) is 17.4. The standard InChI is InChI=1S/C25H21F5N2O/c26-19-7-2-1-6-18(19)22-10-5-15-32(22)24(33)23(31-21-9-4-3-8-20(21)27)16-11-13-17(14-12-16)25(28,29)30/h1-4,6-9,11-14,22-23,31H,5,10,15H2/t22-,23?/m1/s1. The minimum Gasteiger partial charge on any atom is -0.368 e. The van der Waals surface area contributed by atoms with Gasteiger partial charge >= 0.3 is 6.18 Å². The number of halogens is 5. The topological polar surface area (TPSA) is 32.3 Å². The third kappa shape index (κ3) is 4.84. The number of hydrogen-bond acceptors (Lipinski definition) is 2. The van der Waals surface area contributed by atoms with Gasteiger partial charge in [0, 0.05) is 12.1 Å². The lowest BCUT2D eigenvalue weighted by Crippen LogP contribution is -2.38. The molecule has 4 rings (SSSR count). The molecule has 1 N–H and O–H groups in total. The zero-order valence-electron chi connectivity index (χ0n) is 17.4. The second-order valence-electron chi connectivity index (χ2n) is 7.89. The molecule has 172 valence electrons. The molecule has 0 aromatic heterocycles. The summed E-state index contributed by atoms with van der Waals surface area (Å²) in [7, 11) is 0. The fourth-order valence-corrected chi connectivity index (χ4v) is 4.15. The Morgan fingerprint density at radius 2 is 1.55 bits per heavy atom. The fraction of sp³-hybridized carbons (Fsp3) is 0.240. The van der Waals surface area contributed by atoms with E-state index in [0.717, 1.165) is 12.1 Å².